The predicted octanol–water partition coefficient (Wildman–Crippen LogP) is 3.55. The van der Waals surface area contributed by atoms with E-state index < -0.39 is 11.7 Å². The molecule has 0 saturated heterocycles. The lowest BCUT2D eigenvalue weighted by Crippen LogP contribution is -2.24. The highest BCUT2D eigenvalue weighted by atomic mass is 35.5. The van der Waals surface area contributed by atoms with Crippen LogP contribution in [0.1, 0.15) is 16.2 Å². The van der Waals surface area contributed by atoms with E-state index in [0.29, 0.717) is 17.0 Å². The van der Waals surface area contributed by atoms with Crippen LogP contribution in [-0.4, -0.2) is 10.9 Å². The molecule has 0 aliphatic carbocycles. The van der Waals surface area contributed by atoms with E-state index in [9.17, 15) is 9.18 Å². The molecule has 3 rings (SSSR count). The number of halogens is 2. The van der Waals surface area contributed by atoms with Crippen LogP contribution in [0.15, 0.2) is 46.9 Å². The maximum absolute atomic E-state index is 13.6. The first-order valence-electron chi connectivity index (χ1n) is 6.22. The van der Waals surface area contributed by atoms with Crippen molar-refractivity contribution < 1.29 is 13.6 Å². The van der Waals surface area contributed by atoms with Gasteiger partial charge in [-0.3, -0.25) is 4.79 Å². The summed E-state index contributed by atoms with van der Waals surface area (Å²) in [6.45, 7) is 0.0537. The Bertz CT molecular complexity index is 763. The van der Waals surface area contributed by atoms with E-state index in [2.05, 4.69) is 10.3 Å². The summed E-state index contributed by atoms with van der Waals surface area (Å²) in [7, 11) is 0. The van der Waals surface area contributed by atoms with Crippen molar-refractivity contribution in [1.29, 1.82) is 0 Å². The fourth-order valence-corrected chi connectivity index (χ4v) is 2.20. The summed E-state index contributed by atoms with van der Waals surface area (Å²) in [6, 6.07) is 11.3. The number of oxazole rings is 1. The Morgan fingerprint density at radius 1 is 1.24 bits per heavy atom. The predicted molar refractivity (Wildman–Crippen MR) is 76.6 cm³/mol. The minimum atomic E-state index is -0.669. The Kier molecular flexibility index (Phi) is 3.58. The Hall–Kier alpha value is -2.40. The third-order valence-electron chi connectivity index (χ3n) is 2.93. The number of nitrogens with zero attached hydrogens (tertiary/aromatic N) is 1. The van der Waals surface area contributed by atoms with Crippen molar-refractivity contribution in [3.63, 3.8) is 0 Å². The molecule has 0 saturated carbocycles. The molecule has 1 amide bonds. The zero-order chi connectivity index (χ0) is 14.8. The number of carbonyl (C=O) groups is 1. The minimum absolute atomic E-state index is 0.0537. The summed E-state index contributed by atoms with van der Waals surface area (Å²) < 4.78 is 19.1. The molecule has 6 heteroatoms. The van der Waals surface area contributed by atoms with E-state index in [1.165, 1.54) is 18.2 Å². The van der Waals surface area contributed by atoms with Gasteiger partial charge < -0.3 is 9.73 Å². The number of para-hydroxylation sites is 2. The Labute approximate surface area is 124 Å². The molecular formula is C15H10ClFN2O2. The van der Waals surface area contributed by atoms with Gasteiger partial charge in [-0.1, -0.05) is 29.8 Å². The minimum Gasteiger partial charge on any atom is -0.439 e. The van der Waals surface area contributed by atoms with Gasteiger partial charge in [-0.05, 0) is 24.3 Å². The summed E-state index contributed by atoms with van der Waals surface area (Å²) in [6.07, 6.45) is 0. The van der Waals surface area contributed by atoms with Gasteiger partial charge in [0.25, 0.3) is 5.91 Å². The van der Waals surface area contributed by atoms with Crippen LogP contribution in [0.3, 0.4) is 0 Å². The van der Waals surface area contributed by atoms with E-state index in [-0.39, 0.29) is 17.1 Å². The van der Waals surface area contributed by atoms with Crippen molar-refractivity contribution in [3.05, 3.63) is 64.8 Å². The van der Waals surface area contributed by atoms with Gasteiger partial charge in [-0.2, -0.15) is 0 Å². The summed E-state index contributed by atoms with van der Waals surface area (Å²) in [4.78, 5) is 16.2. The number of fused-ring (bicyclic) bond motifs is 1. The van der Waals surface area contributed by atoms with E-state index in [1.807, 2.05) is 12.1 Å². The quantitative estimate of drug-likeness (QED) is 0.805. The molecule has 0 aliphatic rings. The zero-order valence-electron chi connectivity index (χ0n) is 10.8. The van der Waals surface area contributed by atoms with Crippen LogP contribution in [0.4, 0.5) is 4.39 Å². The van der Waals surface area contributed by atoms with E-state index in [1.54, 1.807) is 12.1 Å². The average Bonchev–Trinajstić information content (AvgIpc) is 2.87. The maximum Gasteiger partial charge on any atom is 0.256 e. The topological polar surface area (TPSA) is 55.1 Å². The summed E-state index contributed by atoms with van der Waals surface area (Å²) in [5, 5.41) is 2.60. The molecule has 1 aromatic heterocycles. The van der Waals surface area contributed by atoms with Crippen molar-refractivity contribution in [2.45, 2.75) is 6.54 Å². The van der Waals surface area contributed by atoms with Gasteiger partial charge in [0.05, 0.1) is 17.1 Å². The van der Waals surface area contributed by atoms with E-state index in [4.69, 9.17) is 16.0 Å². The number of hydrogen-bond donors (Lipinski definition) is 1. The van der Waals surface area contributed by atoms with Crippen LogP contribution in [0.5, 0.6) is 0 Å². The number of nitrogens with one attached hydrogen (secondary N) is 1. The van der Waals surface area contributed by atoms with Gasteiger partial charge in [0.15, 0.2) is 5.58 Å². The Morgan fingerprint density at radius 3 is 2.81 bits per heavy atom. The molecule has 3 aromatic rings. The molecule has 1 N–H and O–H groups in total. The lowest BCUT2D eigenvalue weighted by Gasteiger charge is -2.05. The molecule has 0 radical (unpaired) electrons. The molecule has 0 fully saturated rings. The summed E-state index contributed by atoms with van der Waals surface area (Å²) in [5.41, 5.74) is 1.15. The molecule has 0 unspecified atom stereocenters. The second-order valence-corrected chi connectivity index (χ2v) is 4.76. The van der Waals surface area contributed by atoms with Gasteiger partial charge in [0, 0.05) is 0 Å². The molecule has 0 atom stereocenters. The number of hydrogen-bond acceptors (Lipinski definition) is 3. The first kappa shape index (κ1) is 13.6. The second kappa shape index (κ2) is 5.54. The Morgan fingerprint density at radius 2 is 2.05 bits per heavy atom. The number of rotatable bonds is 3. The van der Waals surface area contributed by atoms with Gasteiger partial charge in [0.1, 0.15) is 11.3 Å². The van der Waals surface area contributed by atoms with Crippen molar-refractivity contribution in [1.82, 2.24) is 10.3 Å². The molecule has 2 aromatic carbocycles. The standard InChI is InChI=1S/C15H10ClFN2O2/c16-9-4-3-5-10(17)14(9)15(20)18-8-13-19-11-6-1-2-7-12(11)21-13/h1-7H,8H2,(H,18,20). The summed E-state index contributed by atoms with van der Waals surface area (Å²) in [5.74, 6) is -0.935. The fourth-order valence-electron chi connectivity index (χ4n) is 1.95. The van der Waals surface area contributed by atoms with Crippen molar-refractivity contribution in [2.24, 2.45) is 0 Å². The normalized spacial score (nSPS) is 10.8. The molecule has 0 aliphatic heterocycles. The highest BCUT2D eigenvalue weighted by Crippen LogP contribution is 2.19. The van der Waals surface area contributed by atoms with Crippen LogP contribution in [0.25, 0.3) is 11.1 Å². The van der Waals surface area contributed by atoms with Crippen molar-refractivity contribution >= 4 is 28.6 Å². The second-order valence-electron chi connectivity index (χ2n) is 4.35. The monoisotopic (exact) mass is 304 g/mol. The van der Waals surface area contributed by atoms with Crippen molar-refractivity contribution in [2.75, 3.05) is 0 Å². The maximum atomic E-state index is 13.6. The average molecular weight is 305 g/mol. The van der Waals surface area contributed by atoms with Gasteiger partial charge in [-0.25, -0.2) is 9.37 Å². The van der Waals surface area contributed by atoms with E-state index >= 15 is 0 Å². The molecule has 4 nitrogen and oxygen atoms in total. The number of amides is 1. The highest BCUT2D eigenvalue weighted by molar-refractivity contribution is 6.33. The third-order valence-corrected chi connectivity index (χ3v) is 3.24. The van der Waals surface area contributed by atoms with Crippen molar-refractivity contribution in [3.8, 4) is 0 Å². The highest BCUT2D eigenvalue weighted by Gasteiger charge is 2.16. The lowest BCUT2D eigenvalue weighted by molar-refractivity contribution is 0.0943. The largest absolute Gasteiger partial charge is 0.439 e. The first-order chi connectivity index (χ1) is 10.1. The van der Waals surface area contributed by atoms with Gasteiger partial charge in [0.2, 0.25) is 5.89 Å². The van der Waals surface area contributed by atoms with Gasteiger partial charge >= 0.3 is 0 Å². The number of carbonyl (C=O) groups excluding carboxylic acids is 1. The molecule has 1 heterocycles. The smallest absolute Gasteiger partial charge is 0.256 e. The molecule has 106 valence electrons. The molecule has 0 spiro atoms. The SMILES string of the molecule is O=C(NCc1nc2ccccc2o1)c1c(F)cccc1Cl. The molecule has 21 heavy (non-hydrogen) atoms. The summed E-state index contributed by atoms with van der Waals surface area (Å²) >= 11 is 5.83. The van der Waals surface area contributed by atoms with E-state index in [0.717, 1.165) is 0 Å². The Balaban J connectivity index is 1.76. The zero-order valence-corrected chi connectivity index (χ0v) is 11.5. The van der Waals surface area contributed by atoms with Crippen LogP contribution in [0, 0.1) is 5.82 Å². The lowest BCUT2D eigenvalue weighted by atomic mass is 10.2. The van der Waals surface area contributed by atoms with Gasteiger partial charge in [-0.15, -0.1) is 0 Å². The molecule has 0 bridgehead atoms. The van der Waals surface area contributed by atoms with Crippen LogP contribution >= 0.6 is 11.6 Å². The van der Waals surface area contributed by atoms with Crippen LogP contribution in [0.2, 0.25) is 5.02 Å². The fraction of sp³-hybridized carbons (Fsp3) is 0.0667. The first-order valence-corrected chi connectivity index (χ1v) is 6.59. The number of benzene rings is 2. The van der Waals surface area contributed by atoms with Crippen LogP contribution < -0.4 is 5.32 Å². The third kappa shape index (κ3) is 2.73. The van der Waals surface area contributed by atoms with Crippen LogP contribution in [-0.2, 0) is 6.54 Å². The number of aromatic nitrogens is 1. The molecular weight excluding hydrogens is 295 g/mol.